The molecule has 2 atom stereocenters. The van der Waals surface area contributed by atoms with Crippen molar-refractivity contribution in [1.29, 1.82) is 0 Å². The lowest BCUT2D eigenvalue weighted by Crippen LogP contribution is -3.10. The number of likely N-dealkylation sites (N-methyl/N-ethyl adjacent to an activating group) is 1. The van der Waals surface area contributed by atoms with Gasteiger partial charge in [0.25, 0.3) is 5.91 Å². The predicted octanol–water partition coefficient (Wildman–Crippen LogP) is 2.24. The summed E-state index contributed by atoms with van der Waals surface area (Å²) < 4.78 is 6.35. The number of para-hydroxylation sites is 1. The van der Waals surface area contributed by atoms with Gasteiger partial charge in [0.05, 0.1) is 24.4 Å². The van der Waals surface area contributed by atoms with Crippen LogP contribution in [0.3, 0.4) is 0 Å². The highest BCUT2D eigenvalue weighted by atomic mass is 32.1. The highest BCUT2D eigenvalue weighted by Crippen LogP contribution is 2.24. The summed E-state index contributed by atoms with van der Waals surface area (Å²) in [4.78, 5) is 18.1. The average molecular weight is 385 g/mol. The Bertz CT molecular complexity index is 859. The number of hydrogen-bond acceptors (Lipinski definition) is 4. The molecular weight excluding hydrogens is 358 g/mol. The highest BCUT2D eigenvalue weighted by molar-refractivity contribution is 7.18. The van der Waals surface area contributed by atoms with E-state index in [1.54, 1.807) is 18.4 Å². The van der Waals surface area contributed by atoms with Gasteiger partial charge in [-0.15, -0.1) is 11.3 Å². The van der Waals surface area contributed by atoms with E-state index in [1.165, 1.54) is 10.3 Å². The third-order valence-corrected chi connectivity index (χ3v) is 5.97. The van der Waals surface area contributed by atoms with Crippen molar-refractivity contribution in [2.75, 3.05) is 27.2 Å². The lowest BCUT2D eigenvalue weighted by atomic mass is 10.1. The fourth-order valence-electron chi connectivity index (χ4n) is 2.89. The number of aromatic nitrogens is 1. The van der Waals surface area contributed by atoms with E-state index >= 15 is 0 Å². The topological polar surface area (TPSA) is 55.7 Å². The Balaban J connectivity index is 1.47. The molecule has 3 aromatic rings. The highest BCUT2D eigenvalue weighted by Gasteiger charge is 2.21. The smallest absolute Gasteiger partial charge is 0.275 e. The molecule has 0 radical (unpaired) electrons. The van der Waals surface area contributed by atoms with E-state index in [1.807, 2.05) is 49.5 Å². The number of thiazole rings is 1. The number of rotatable bonds is 8. The second kappa shape index (κ2) is 8.97. The molecule has 0 aliphatic heterocycles. The van der Waals surface area contributed by atoms with E-state index in [0.717, 1.165) is 27.6 Å². The summed E-state index contributed by atoms with van der Waals surface area (Å²) >= 11 is 1.71. The SMILES string of the molecule is COc1ccc(CCNC(=O)C[NH+](C)[C@@H](C)c2nc3ccccc3s2)cc1. The molecular formula is C21H26N3O2S+. The van der Waals surface area contributed by atoms with Crippen LogP contribution in [0.2, 0.25) is 0 Å². The van der Waals surface area contributed by atoms with Gasteiger partial charge in [-0.1, -0.05) is 24.3 Å². The van der Waals surface area contributed by atoms with Gasteiger partial charge in [0, 0.05) is 6.54 Å². The molecule has 3 rings (SSSR count). The maximum absolute atomic E-state index is 12.3. The number of hydrogen-bond donors (Lipinski definition) is 2. The Labute approximate surface area is 164 Å². The number of amides is 1. The number of carbonyl (C=O) groups excluding carboxylic acids is 1. The van der Waals surface area contributed by atoms with Crippen molar-refractivity contribution in [3.63, 3.8) is 0 Å². The van der Waals surface area contributed by atoms with Crippen molar-refractivity contribution in [3.05, 3.63) is 59.1 Å². The van der Waals surface area contributed by atoms with Gasteiger partial charge in [0.15, 0.2) is 11.6 Å². The molecule has 1 unspecified atom stereocenters. The molecule has 0 bridgehead atoms. The van der Waals surface area contributed by atoms with Crippen molar-refractivity contribution >= 4 is 27.5 Å². The van der Waals surface area contributed by atoms with Gasteiger partial charge in [0.2, 0.25) is 0 Å². The summed E-state index contributed by atoms with van der Waals surface area (Å²) in [5.41, 5.74) is 2.21. The van der Waals surface area contributed by atoms with Crippen LogP contribution in [-0.2, 0) is 11.2 Å². The Morgan fingerprint density at radius 2 is 1.96 bits per heavy atom. The van der Waals surface area contributed by atoms with Gasteiger partial charge >= 0.3 is 0 Å². The average Bonchev–Trinajstić information content (AvgIpc) is 3.12. The molecule has 6 heteroatoms. The van der Waals surface area contributed by atoms with Crippen LogP contribution in [-0.4, -0.2) is 38.1 Å². The first kappa shape index (κ1) is 19.3. The molecule has 27 heavy (non-hydrogen) atoms. The molecule has 0 spiro atoms. The number of benzene rings is 2. The van der Waals surface area contributed by atoms with E-state index in [2.05, 4.69) is 18.3 Å². The molecule has 5 nitrogen and oxygen atoms in total. The Kier molecular flexibility index (Phi) is 6.42. The predicted molar refractivity (Wildman–Crippen MR) is 109 cm³/mol. The maximum atomic E-state index is 12.3. The van der Waals surface area contributed by atoms with E-state index in [4.69, 9.17) is 9.72 Å². The summed E-state index contributed by atoms with van der Waals surface area (Å²) in [7, 11) is 3.70. The van der Waals surface area contributed by atoms with Crippen LogP contribution in [0.5, 0.6) is 5.75 Å². The van der Waals surface area contributed by atoms with Crippen LogP contribution in [0, 0.1) is 0 Å². The molecule has 0 saturated heterocycles. The van der Waals surface area contributed by atoms with Crippen molar-refractivity contribution < 1.29 is 14.4 Å². The number of nitrogens with zero attached hydrogens (tertiary/aromatic N) is 1. The first-order valence-corrected chi connectivity index (χ1v) is 9.96. The van der Waals surface area contributed by atoms with Gasteiger partial charge in [0.1, 0.15) is 11.8 Å². The fraction of sp³-hybridized carbons (Fsp3) is 0.333. The summed E-state index contributed by atoms with van der Waals surface area (Å²) in [6.45, 7) is 3.19. The molecule has 1 amide bonds. The molecule has 1 heterocycles. The van der Waals surface area contributed by atoms with Crippen molar-refractivity contribution in [2.45, 2.75) is 19.4 Å². The van der Waals surface area contributed by atoms with Crippen LogP contribution in [0.4, 0.5) is 0 Å². The zero-order chi connectivity index (χ0) is 19.2. The van der Waals surface area contributed by atoms with E-state index in [-0.39, 0.29) is 11.9 Å². The third-order valence-electron chi connectivity index (χ3n) is 4.75. The summed E-state index contributed by atoms with van der Waals surface area (Å²) in [5, 5.41) is 4.08. The van der Waals surface area contributed by atoms with E-state index in [0.29, 0.717) is 13.1 Å². The number of nitrogens with one attached hydrogen (secondary N) is 2. The summed E-state index contributed by atoms with van der Waals surface area (Å²) in [6.07, 6.45) is 0.808. The molecule has 0 aliphatic carbocycles. The van der Waals surface area contributed by atoms with E-state index < -0.39 is 0 Å². The van der Waals surface area contributed by atoms with Gasteiger partial charge in [-0.3, -0.25) is 4.79 Å². The van der Waals surface area contributed by atoms with Crippen molar-refractivity contribution in [1.82, 2.24) is 10.3 Å². The quantitative estimate of drug-likeness (QED) is 0.626. The molecule has 0 aliphatic rings. The van der Waals surface area contributed by atoms with Gasteiger partial charge in [-0.2, -0.15) is 0 Å². The molecule has 2 aromatic carbocycles. The number of methoxy groups -OCH3 is 1. The molecule has 0 saturated carbocycles. The zero-order valence-corrected chi connectivity index (χ0v) is 16.8. The normalized spacial score (nSPS) is 13.3. The second-order valence-electron chi connectivity index (χ2n) is 6.71. The van der Waals surface area contributed by atoms with Gasteiger partial charge in [-0.05, 0) is 43.2 Å². The number of ether oxygens (including phenoxy) is 1. The first-order valence-electron chi connectivity index (χ1n) is 9.14. The Morgan fingerprint density at radius 3 is 2.67 bits per heavy atom. The minimum Gasteiger partial charge on any atom is -0.497 e. The Morgan fingerprint density at radius 1 is 1.22 bits per heavy atom. The zero-order valence-electron chi connectivity index (χ0n) is 16.0. The van der Waals surface area contributed by atoms with Crippen molar-refractivity contribution in [3.8, 4) is 5.75 Å². The standard InChI is InChI=1S/C21H25N3O2S/c1-15(21-23-18-6-4-5-7-19(18)27-21)24(2)14-20(25)22-13-12-16-8-10-17(26-3)11-9-16/h4-11,15H,12-14H2,1-3H3,(H,22,25)/p+1/t15-/m0/s1. The molecule has 1 aromatic heterocycles. The fourth-order valence-corrected chi connectivity index (χ4v) is 4.01. The molecule has 2 N–H and O–H groups in total. The third kappa shape index (κ3) is 5.05. The minimum atomic E-state index is 0.0639. The molecule has 0 fully saturated rings. The van der Waals surface area contributed by atoms with Crippen LogP contribution in [0.25, 0.3) is 10.2 Å². The maximum Gasteiger partial charge on any atom is 0.275 e. The van der Waals surface area contributed by atoms with Gasteiger partial charge < -0.3 is 15.0 Å². The summed E-state index contributed by atoms with van der Waals surface area (Å²) in [6, 6.07) is 16.3. The number of fused-ring (bicyclic) bond motifs is 1. The largest absolute Gasteiger partial charge is 0.497 e. The lowest BCUT2D eigenvalue weighted by molar-refractivity contribution is -0.902. The van der Waals surface area contributed by atoms with E-state index in [9.17, 15) is 4.79 Å². The summed E-state index contributed by atoms with van der Waals surface area (Å²) in [5.74, 6) is 0.908. The van der Waals surface area contributed by atoms with Crippen LogP contribution in [0.15, 0.2) is 48.5 Å². The first-order chi connectivity index (χ1) is 13.1. The van der Waals surface area contributed by atoms with Gasteiger partial charge in [-0.25, -0.2) is 4.98 Å². The van der Waals surface area contributed by atoms with Crippen LogP contribution < -0.4 is 15.0 Å². The van der Waals surface area contributed by atoms with Crippen LogP contribution >= 0.6 is 11.3 Å². The minimum absolute atomic E-state index is 0.0639. The number of quaternary nitrogens is 1. The lowest BCUT2D eigenvalue weighted by Gasteiger charge is -2.19. The number of carbonyl (C=O) groups is 1. The van der Waals surface area contributed by atoms with Crippen molar-refractivity contribution in [2.24, 2.45) is 0 Å². The molecule has 142 valence electrons. The van der Waals surface area contributed by atoms with Crippen LogP contribution in [0.1, 0.15) is 23.5 Å². The second-order valence-corrected chi connectivity index (χ2v) is 7.77. The monoisotopic (exact) mass is 384 g/mol. The Hall–Kier alpha value is -2.44.